The molecule has 6 heteroatoms. The van der Waals surface area contributed by atoms with Crippen LogP contribution < -0.4 is 5.73 Å². The average molecular weight is 237 g/mol. The van der Waals surface area contributed by atoms with Crippen LogP contribution in [0.25, 0.3) is 5.65 Å². The number of halogens is 1. The number of carbonyl (C=O) groups is 1. The van der Waals surface area contributed by atoms with E-state index in [9.17, 15) is 9.18 Å². The van der Waals surface area contributed by atoms with Crippen LogP contribution >= 0.6 is 0 Å². The number of carboxylic acid groups (broad SMARTS) is 1. The summed E-state index contributed by atoms with van der Waals surface area (Å²) in [5.74, 6) is -1.46. The number of rotatable bonds is 3. The van der Waals surface area contributed by atoms with Crippen molar-refractivity contribution in [3.8, 4) is 0 Å². The zero-order chi connectivity index (χ0) is 12.6. The fourth-order valence-corrected chi connectivity index (χ4v) is 1.81. The molecule has 90 valence electrons. The maximum absolute atomic E-state index is 13.5. The van der Waals surface area contributed by atoms with Crippen molar-refractivity contribution in [2.75, 3.05) is 0 Å². The summed E-state index contributed by atoms with van der Waals surface area (Å²) in [5.41, 5.74) is 6.97. The summed E-state index contributed by atoms with van der Waals surface area (Å²) < 4.78 is 15.0. The molecule has 0 bridgehead atoms. The van der Waals surface area contributed by atoms with Crippen LogP contribution in [0, 0.1) is 12.7 Å². The van der Waals surface area contributed by atoms with Crippen molar-refractivity contribution in [1.82, 2.24) is 9.38 Å². The lowest BCUT2D eigenvalue weighted by molar-refractivity contribution is -0.137. The normalized spacial score (nSPS) is 12.9. The van der Waals surface area contributed by atoms with E-state index in [1.54, 1.807) is 23.6 Å². The molecule has 0 fully saturated rings. The SMILES string of the molecule is Cc1c(C(N)CC(=O)O)nc2c(F)cccn12. The summed E-state index contributed by atoms with van der Waals surface area (Å²) >= 11 is 0. The van der Waals surface area contributed by atoms with Gasteiger partial charge in [0, 0.05) is 11.9 Å². The second-order valence-electron chi connectivity index (χ2n) is 3.84. The first-order valence-corrected chi connectivity index (χ1v) is 5.11. The zero-order valence-corrected chi connectivity index (χ0v) is 9.22. The Morgan fingerprint density at radius 2 is 2.41 bits per heavy atom. The van der Waals surface area contributed by atoms with E-state index in [0.717, 1.165) is 0 Å². The van der Waals surface area contributed by atoms with Crippen LogP contribution in [0.2, 0.25) is 0 Å². The Labute approximate surface area is 96.7 Å². The van der Waals surface area contributed by atoms with E-state index in [1.165, 1.54) is 6.07 Å². The number of aryl methyl sites for hydroxylation is 1. The molecule has 0 saturated heterocycles. The maximum Gasteiger partial charge on any atom is 0.305 e. The molecule has 0 spiro atoms. The minimum absolute atomic E-state index is 0.167. The smallest absolute Gasteiger partial charge is 0.305 e. The van der Waals surface area contributed by atoms with Gasteiger partial charge >= 0.3 is 5.97 Å². The molecular formula is C11H12FN3O2. The number of fused-ring (bicyclic) bond motifs is 1. The van der Waals surface area contributed by atoms with E-state index in [4.69, 9.17) is 10.8 Å². The first-order valence-electron chi connectivity index (χ1n) is 5.11. The Balaban J connectivity index is 2.52. The van der Waals surface area contributed by atoms with Gasteiger partial charge in [-0.15, -0.1) is 0 Å². The highest BCUT2D eigenvalue weighted by molar-refractivity contribution is 5.68. The molecule has 1 unspecified atom stereocenters. The summed E-state index contributed by atoms with van der Waals surface area (Å²) in [6.07, 6.45) is 1.43. The van der Waals surface area contributed by atoms with Crippen LogP contribution in [0.15, 0.2) is 18.3 Å². The summed E-state index contributed by atoms with van der Waals surface area (Å²) in [7, 11) is 0. The predicted octanol–water partition coefficient (Wildman–Crippen LogP) is 1.26. The van der Waals surface area contributed by atoms with Gasteiger partial charge in [0.25, 0.3) is 0 Å². The zero-order valence-electron chi connectivity index (χ0n) is 9.22. The van der Waals surface area contributed by atoms with E-state index in [0.29, 0.717) is 11.4 Å². The Bertz CT molecular complexity index is 579. The number of pyridine rings is 1. The van der Waals surface area contributed by atoms with Gasteiger partial charge in [-0.25, -0.2) is 9.37 Å². The molecule has 0 aromatic carbocycles. The largest absolute Gasteiger partial charge is 0.481 e. The summed E-state index contributed by atoms with van der Waals surface area (Å²) in [6, 6.07) is 2.13. The lowest BCUT2D eigenvalue weighted by Gasteiger charge is -2.06. The van der Waals surface area contributed by atoms with Gasteiger partial charge in [-0.1, -0.05) is 0 Å². The number of imidazole rings is 1. The fraction of sp³-hybridized carbons (Fsp3) is 0.273. The molecule has 0 aliphatic carbocycles. The molecule has 0 aliphatic rings. The van der Waals surface area contributed by atoms with Crippen LogP contribution in [-0.4, -0.2) is 20.5 Å². The van der Waals surface area contributed by atoms with E-state index in [-0.39, 0.29) is 12.1 Å². The van der Waals surface area contributed by atoms with Crippen molar-refractivity contribution < 1.29 is 14.3 Å². The highest BCUT2D eigenvalue weighted by Crippen LogP contribution is 2.20. The summed E-state index contributed by atoms with van der Waals surface area (Å²) in [5, 5.41) is 8.68. The molecule has 2 heterocycles. The summed E-state index contributed by atoms with van der Waals surface area (Å²) in [6.45, 7) is 1.73. The van der Waals surface area contributed by atoms with Crippen molar-refractivity contribution in [2.24, 2.45) is 5.73 Å². The van der Waals surface area contributed by atoms with Gasteiger partial charge in [0.05, 0.1) is 18.2 Å². The molecule has 2 aromatic heterocycles. The quantitative estimate of drug-likeness (QED) is 0.842. The molecule has 2 aromatic rings. The van der Waals surface area contributed by atoms with Crippen molar-refractivity contribution in [3.63, 3.8) is 0 Å². The van der Waals surface area contributed by atoms with Crippen LogP contribution in [0.1, 0.15) is 23.9 Å². The number of carboxylic acids is 1. The standard InChI is InChI=1S/C11H12FN3O2/c1-6-10(8(13)5-9(16)17)14-11-7(12)3-2-4-15(6)11/h2-4,8H,5,13H2,1H3,(H,16,17). The lowest BCUT2D eigenvalue weighted by Crippen LogP contribution is -2.16. The molecule has 2 rings (SSSR count). The van der Waals surface area contributed by atoms with Gasteiger partial charge < -0.3 is 15.2 Å². The van der Waals surface area contributed by atoms with Gasteiger partial charge in [0.2, 0.25) is 0 Å². The lowest BCUT2D eigenvalue weighted by atomic mass is 10.1. The van der Waals surface area contributed by atoms with Crippen LogP contribution in [-0.2, 0) is 4.79 Å². The molecular weight excluding hydrogens is 225 g/mol. The topological polar surface area (TPSA) is 80.6 Å². The molecule has 0 amide bonds. The number of hydrogen-bond acceptors (Lipinski definition) is 3. The third-order valence-corrected chi connectivity index (χ3v) is 2.62. The second-order valence-corrected chi connectivity index (χ2v) is 3.84. The van der Waals surface area contributed by atoms with E-state index >= 15 is 0 Å². The fourth-order valence-electron chi connectivity index (χ4n) is 1.81. The first kappa shape index (κ1) is 11.5. The average Bonchev–Trinajstić information content (AvgIpc) is 2.57. The van der Waals surface area contributed by atoms with E-state index < -0.39 is 17.8 Å². The number of nitrogens with two attached hydrogens (primary N) is 1. The number of nitrogens with zero attached hydrogens (tertiary/aromatic N) is 2. The Morgan fingerprint density at radius 1 is 1.71 bits per heavy atom. The van der Waals surface area contributed by atoms with Crippen LogP contribution in [0.5, 0.6) is 0 Å². The van der Waals surface area contributed by atoms with E-state index in [1.807, 2.05) is 0 Å². The molecule has 1 atom stereocenters. The molecule has 5 nitrogen and oxygen atoms in total. The van der Waals surface area contributed by atoms with Crippen molar-refractivity contribution in [3.05, 3.63) is 35.5 Å². The van der Waals surface area contributed by atoms with Gasteiger partial charge in [-0.2, -0.15) is 0 Å². The maximum atomic E-state index is 13.5. The highest BCUT2D eigenvalue weighted by atomic mass is 19.1. The first-order chi connectivity index (χ1) is 8.00. The van der Waals surface area contributed by atoms with Gasteiger partial charge in [0.1, 0.15) is 0 Å². The van der Waals surface area contributed by atoms with Gasteiger partial charge in [-0.3, -0.25) is 4.79 Å². The predicted molar refractivity (Wildman–Crippen MR) is 59.1 cm³/mol. The molecule has 3 N–H and O–H groups in total. The van der Waals surface area contributed by atoms with E-state index in [2.05, 4.69) is 4.98 Å². The third kappa shape index (κ3) is 1.99. The minimum Gasteiger partial charge on any atom is -0.481 e. The highest BCUT2D eigenvalue weighted by Gasteiger charge is 2.19. The molecule has 0 aliphatic heterocycles. The van der Waals surface area contributed by atoms with Gasteiger partial charge in [0.15, 0.2) is 11.5 Å². The van der Waals surface area contributed by atoms with Crippen molar-refractivity contribution in [1.29, 1.82) is 0 Å². The monoisotopic (exact) mass is 237 g/mol. The van der Waals surface area contributed by atoms with Crippen LogP contribution in [0.4, 0.5) is 4.39 Å². The second kappa shape index (κ2) is 4.14. The summed E-state index contributed by atoms with van der Waals surface area (Å²) in [4.78, 5) is 14.7. The van der Waals surface area contributed by atoms with Crippen molar-refractivity contribution >= 4 is 11.6 Å². The van der Waals surface area contributed by atoms with Crippen LogP contribution in [0.3, 0.4) is 0 Å². The van der Waals surface area contributed by atoms with Crippen molar-refractivity contribution in [2.45, 2.75) is 19.4 Å². The number of aromatic nitrogens is 2. The molecule has 0 radical (unpaired) electrons. The number of aliphatic carboxylic acids is 1. The molecule has 17 heavy (non-hydrogen) atoms. The molecule has 0 saturated carbocycles. The minimum atomic E-state index is -1.01. The number of hydrogen-bond donors (Lipinski definition) is 2. The Kier molecular flexibility index (Phi) is 2.81. The van der Waals surface area contributed by atoms with Gasteiger partial charge in [-0.05, 0) is 19.1 Å². The third-order valence-electron chi connectivity index (χ3n) is 2.62. The Morgan fingerprint density at radius 3 is 3.00 bits per heavy atom. The Hall–Kier alpha value is -1.95.